The summed E-state index contributed by atoms with van der Waals surface area (Å²) in [4.78, 5) is 14.2. The molecule has 0 fully saturated rings. The Morgan fingerprint density at radius 1 is 0.516 bits per heavy atom. The predicted molar refractivity (Wildman–Crippen MR) is 253 cm³/mol. The SMILES string of the molecule is CC(C)(C)c1cc(-n2c3[c-]c(Oc4[c-]c(-n5[c](=[Pt])n(-c6c(-c7ccccc7)cccc6-c6ccccc6)c6ccccc65)ccc4)ccc3c3ccccc32)ncc1-c1ncccn1. The average molecular weight is 1010 g/mol. The van der Waals surface area contributed by atoms with Crippen molar-refractivity contribution >= 4 is 32.8 Å². The number of imidazole rings is 1. The number of nitrogens with zero attached hydrogens (tertiary/aromatic N) is 6. The molecule has 0 amide bonds. The summed E-state index contributed by atoms with van der Waals surface area (Å²) in [7, 11) is 0. The predicted octanol–water partition coefficient (Wildman–Crippen LogP) is 13.5. The molecule has 11 rings (SSSR count). The summed E-state index contributed by atoms with van der Waals surface area (Å²) >= 11 is 2.47. The van der Waals surface area contributed by atoms with Crippen LogP contribution >= 0.6 is 0 Å². The first-order valence-electron chi connectivity index (χ1n) is 21.2. The number of aromatic nitrogens is 6. The Morgan fingerprint density at radius 2 is 1.12 bits per heavy atom. The molecular formula is C56H40N6OPt-2. The van der Waals surface area contributed by atoms with E-state index in [4.69, 9.17) is 9.72 Å². The van der Waals surface area contributed by atoms with Crippen LogP contribution in [0.25, 0.3) is 83.7 Å². The molecule has 4 aromatic heterocycles. The zero-order chi connectivity index (χ0) is 43.4. The Hall–Kier alpha value is -7.47. The van der Waals surface area contributed by atoms with Crippen molar-refractivity contribution in [3.05, 3.63) is 210 Å². The molecule has 0 radical (unpaired) electrons. The van der Waals surface area contributed by atoms with Gasteiger partial charge in [0.2, 0.25) is 0 Å². The smallest absolute Gasteiger partial charge is 0.237 e. The van der Waals surface area contributed by atoms with Crippen LogP contribution in [0.1, 0.15) is 26.3 Å². The van der Waals surface area contributed by atoms with E-state index in [-0.39, 0.29) is 5.41 Å². The third kappa shape index (κ3) is 6.90. The van der Waals surface area contributed by atoms with Gasteiger partial charge in [0.05, 0.1) is 0 Å². The van der Waals surface area contributed by atoms with Crippen LogP contribution in [0.2, 0.25) is 0 Å². The molecule has 0 aliphatic heterocycles. The molecule has 11 aromatic rings. The Balaban J connectivity index is 1.03. The standard InChI is InChI=1S/C56H40N6O.Pt/c1-56(2,3)48-35-53(59-36-47(48)55-57-31-16-32-58-55)62-49-26-11-10-23-45(49)46-30-29-42(34-52(46)62)63-41-22-14-21-40(33-41)60-37-61(51-28-13-12-27-50(51)60)54-43(38-17-6-4-7-18-38)24-15-25-44(54)39-19-8-5-9-20-39;/h4-32,35-36H,1-3H3;/q-2;. The molecular weight excluding hydrogens is 968 g/mol. The van der Waals surface area contributed by atoms with E-state index in [1.807, 2.05) is 30.5 Å². The van der Waals surface area contributed by atoms with Crippen LogP contribution in [-0.4, -0.2) is 28.7 Å². The van der Waals surface area contributed by atoms with Crippen LogP contribution in [0.3, 0.4) is 0 Å². The van der Waals surface area contributed by atoms with Crippen molar-refractivity contribution in [1.29, 1.82) is 0 Å². The molecule has 4 heterocycles. The minimum atomic E-state index is -0.207. The first-order valence-corrected chi connectivity index (χ1v) is 22.3. The molecule has 0 spiro atoms. The van der Waals surface area contributed by atoms with Crippen molar-refractivity contribution in [1.82, 2.24) is 28.7 Å². The molecule has 312 valence electrons. The van der Waals surface area contributed by atoms with Gasteiger partial charge in [-0.25, -0.2) is 9.97 Å². The summed E-state index contributed by atoms with van der Waals surface area (Å²) in [6.45, 7) is 6.61. The number of hydrogen-bond acceptors (Lipinski definition) is 4. The molecule has 0 bridgehead atoms. The van der Waals surface area contributed by atoms with Crippen LogP contribution in [0.15, 0.2) is 188 Å². The molecule has 0 N–H and O–H groups in total. The topological polar surface area (TPSA) is 62.7 Å². The number of ether oxygens (including phenoxy) is 1. The van der Waals surface area contributed by atoms with Gasteiger partial charge in [0, 0.05) is 24.2 Å². The van der Waals surface area contributed by atoms with Gasteiger partial charge < -0.3 is 0 Å². The molecule has 7 nitrogen and oxygen atoms in total. The van der Waals surface area contributed by atoms with E-state index in [1.165, 1.54) is 0 Å². The second-order valence-corrected chi connectivity index (χ2v) is 17.7. The molecule has 0 saturated carbocycles. The summed E-state index contributed by atoms with van der Waals surface area (Å²) in [6.07, 6.45) is 5.43. The Morgan fingerprint density at radius 3 is 1.81 bits per heavy atom. The molecule has 0 saturated heterocycles. The van der Waals surface area contributed by atoms with E-state index in [0.717, 1.165) is 87.2 Å². The summed E-state index contributed by atoms with van der Waals surface area (Å²) in [5, 5.41) is 2.16. The zero-order valence-electron chi connectivity index (χ0n) is 35.3. The van der Waals surface area contributed by atoms with E-state index in [1.54, 1.807) is 12.4 Å². The molecule has 0 atom stereocenters. The van der Waals surface area contributed by atoms with Gasteiger partial charge in [0.15, 0.2) is 5.82 Å². The zero-order valence-corrected chi connectivity index (χ0v) is 37.6. The Bertz CT molecular complexity index is 3530. The van der Waals surface area contributed by atoms with Gasteiger partial charge in [-0.2, -0.15) is 0 Å². The van der Waals surface area contributed by atoms with Gasteiger partial charge in [-0.1, -0.05) is 32.9 Å². The first kappa shape index (κ1) is 39.4. The van der Waals surface area contributed by atoms with E-state index >= 15 is 0 Å². The van der Waals surface area contributed by atoms with Crippen molar-refractivity contribution in [2.75, 3.05) is 0 Å². The fraction of sp³-hybridized carbons (Fsp3) is 0.0714. The van der Waals surface area contributed by atoms with Crippen LogP contribution in [-0.2, 0) is 24.8 Å². The van der Waals surface area contributed by atoms with Crippen LogP contribution < -0.4 is 4.74 Å². The van der Waals surface area contributed by atoms with E-state index in [0.29, 0.717) is 17.3 Å². The van der Waals surface area contributed by atoms with Crippen molar-refractivity contribution < 1.29 is 24.1 Å². The fourth-order valence-electron chi connectivity index (χ4n) is 8.76. The molecule has 8 heteroatoms. The second kappa shape index (κ2) is 16.0. The van der Waals surface area contributed by atoms with E-state index < -0.39 is 0 Å². The minimum Gasteiger partial charge on any atom is -0.237 e. The van der Waals surface area contributed by atoms with Crippen molar-refractivity contribution in [2.24, 2.45) is 0 Å². The summed E-state index contributed by atoms with van der Waals surface area (Å²) in [6, 6.07) is 66.2. The molecule has 7 aromatic carbocycles. The number of rotatable bonds is 8. The maximum absolute atomic E-state index is 6.70. The Labute approximate surface area is 382 Å². The normalized spacial score (nSPS) is 11.8. The number of fused-ring (bicyclic) bond motifs is 4. The summed E-state index contributed by atoms with van der Waals surface area (Å²) < 4.78 is 14.5. The van der Waals surface area contributed by atoms with Gasteiger partial charge in [-0.3, -0.25) is 0 Å². The fourth-order valence-corrected chi connectivity index (χ4v) is 9.83. The van der Waals surface area contributed by atoms with Gasteiger partial charge in [0.25, 0.3) is 0 Å². The quantitative estimate of drug-likeness (QED) is 0.142. The monoisotopic (exact) mass is 1010 g/mol. The second-order valence-electron chi connectivity index (χ2n) is 16.7. The summed E-state index contributed by atoms with van der Waals surface area (Å²) in [5.41, 5.74) is 12.4. The number of pyridine rings is 1. The van der Waals surface area contributed by atoms with Gasteiger partial charge >= 0.3 is 294 Å². The maximum atomic E-state index is 6.70. The van der Waals surface area contributed by atoms with Gasteiger partial charge in [-0.05, 0) is 17.0 Å². The van der Waals surface area contributed by atoms with Gasteiger partial charge in [-0.15, -0.1) is 0 Å². The average Bonchev–Trinajstić information content (AvgIpc) is 3.82. The van der Waals surface area contributed by atoms with Crippen LogP contribution in [0.4, 0.5) is 0 Å². The number of benzene rings is 7. The number of hydrogen-bond donors (Lipinski definition) is 0. The van der Waals surface area contributed by atoms with Gasteiger partial charge in [0.1, 0.15) is 0 Å². The Kier molecular flexibility index (Phi) is 9.86. The first-order chi connectivity index (χ1) is 31.3. The van der Waals surface area contributed by atoms with Crippen LogP contribution in [0.5, 0.6) is 11.5 Å². The van der Waals surface area contributed by atoms with E-state index in [2.05, 4.69) is 222 Å². The third-order valence-corrected chi connectivity index (χ3v) is 12.7. The van der Waals surface area contributed by atoms with E-state index in [9.17, 15) is 0 Å². The van der Waals surface area contributed by atoms with Crippen LogP contribution in [0, 0.1) is 15.9 Å². The number of para-hydroxylation sites is 4. The van der Waals surface area contributed by atoms with Crippen molar-refractivity contribution in [2.45, 2.75) is 26.2 Å². The molecule has 0 aliphatic carbocycles. The molecule has 64 heavy (non-hydrogen) atoms. The summed E-state index contributed by atoms with van der Waals surface area (Å²) in [5.74, 6) is 2.58. The van der Waals surface area contributed by atoms with Crippen molar-refractivity contribution in [3.63, 3.8) is 0 Å². The third-order valence-electron chi connectivity index (χ3n) is 11.6. The minimum absolute atomic E-state index is 0.207. The molecule has 0 aliphatic rings. The van der Waals surface area contributed by atoms with Crippen molar-refractivity contribution in [3.8, 4) is 62.3 Å². The molecule has 0 unspecified atom stereocenters.